The Morgan fingerprint density at radius 2 is 2.00 bits per heavy atom. The number of rotatable bonds is 1. The van der Waals surface area contributed by atoms with Gasteiger partial charge in [0.1, 0.15) is 5.82 Å². The quantitative estimate of drug-likeness (QED) is 0.664. The number of pyridine rings is 1. The smallest absolute Gasteiger partial charge is 0.160 e. The van der Waals surface area contributed by atoms with Crippen LogP contribution in [0.15, 0.2) is 18.3 Å². The van der Waals surface area contributed by atoms with Gasteiger partial charge in [-0.25, -0.2) is 0 Å². The second-order valence-electron chi connectivity index (χ2n) is 4.58. The lowest BCUT2D eigenvalue weighted by Crippen LogP contribution is -2.16. The standard InChI is InChI=1S/C11H13N3O/c1-11(2,3)10-13-12-9-5-4-8(7-15)6-14(9)10/h4-7H,1-3H3. The molecule has 0 aromatic carbocycles. The van der Waals surface area contributed by atoms with Crippen LogP contribution in [-0.2, 0) is 5.41 Å². The van der Waals surface area contributed by atoms with Gasteiger partial charge in [0, 0.05) is 17.2 Å². The molecule has 4 heteroatoms. The highest BCUT2D eigenvalue weighted by atomic mass is 16.1. The molecule has 2 aromatic heterocycles. The van der Waals surface area contributed by atoms with Gasteiger partial charge in [0.25, 0.3) is 0 Å². The maximum atomic E-state index is 10.7. The molecule has 0 bridgehead atoms. The largest absolute Gasteiger partial charge is 0.298 e. The summed E-state index contributed by atoms with van der Waals surface area (Å²) in [6.07, 6.45) is 2.59. The summed E-state index contributed by atoms with van der Waals surface area (Å²) in [5.41, 5.74) is 1.32. The van der Waals surface area contributed by atoms with E-state index in [0.29, 0.717) is 5.56 Å². The van der Waals surface area contributed by atoms with E-state index in [0.717, 1.165) is 17.8 Å². The first-order valence-corrected chi connectivity index (χ1v) is 4.83. The first-order valence-electron chi connectivity index (χ1n) is 4.83. The number of carbonyl (C=O) groups excluding carboxylic acids is 1. The van der Waals surface area contributed by atoms with E-state index in [1.54, 1.807) is 18.3 Å². The van der Waals surface area contributed by atoms with Gasteiger partial charge in [-0.3, -0.25) is 9.20 Å². The number of aldehydes is 1. The molecule has 2 rings (SSSR count). The van der Waals surface area contributed by atoms with Crippen molar-refractivity contribution < 1.29 is 4.79 Å². The van der Waals surface area contributed by atoms with E-state index in [4.69, 9.17) is 0 Å². The van der Waals surface area contributed by atoms with E-state index in [1.807, 2.05) is 4.40 Å². The molecule has 0 amide bonds. The van der Waals surface area contributed by atoms with E-state index in [9.17, 15) is 4.79 Å². The number of hydrogen-bond donors (Lipinski definition) is 0. The van der Waals surface area contributed by atoms with Crippen LogP contribution in [0, 0.1) is 0 Å². The molecule has 2 aromatic rings. The SMILES string of the molecule is CC(C)(C)c1nnc2ccc(C=O)cn12. The summed E-state index contributed by atoms with van der Waals surface area (Å²) in [6.45, 7) is 6.20. The van der Waals surface area contributed by atoms with Crippen LogP contribution < -0.4 is 0 Å². The normalized spacial score (nSPS) is 11.9. The Bertz CT molecular complexity index is 508. The van der Waals surface area contributed by atoms with Gasteiger partial charge in [0.2, 0.25) is 0 Å². The van der Waals surface area contributed by atoms with Crippen LogP contribution in [0.2, 0.25) is 0 Å². The van der Waals surface area contributed by atoms with Gasteiger partial charge in [0.15, 0.2) is 11.9 Å². The summed E-state index contributed by atoms with van der Waals surface area (Å²) in [5, 5.41) is 8.20. The van der Waals surface area contributed by atoms with Crippen molar-refractivity contribution in [3.8, 4) is 0 Å². The second kappa shape index (κ2) is 3.15. The zero-order valence-electron chi connectivity index (χ0n) is 9.06. The molecule has 0 aliphatic rings. The number of carbonyl (C=O) groups is 1. The van der Waals surface area contributed by atoms with E-state index in [-0.39, 0.29) is 5.41 Å². The Kier molecular flexibility index (Phi) is 2.07. The van der Waals surface area contributed by atoms with E-state index in [2.05, 4.69) is 31.0 Å². The monoisotopic (exact) mass is 203 g/mol. The highest BCUT2D eigenvalue weighted by Gasteiger charge is 2.20. The van der Waals surface area contributed by atoms with Crippen LogP contribution in [-0.4, -0.2) is 20.9 Å². The van der Waals surface area contributed by atoms with Crippen molar-refractivity contribution in [3.05, 3.63) is 29.7 Å². The third-order valence-corrected chi connectivity index (χ3v) is 2.23. The van der Waals surface area contributed by atoms with Crippen LogP contribution in [0.5, 0.6) is 0 Å². The Labute approximate surface area is 87.9 Å². The zero-order chi connectivity index (χ0) is 11.1. The van der Waals surface area contributed by atoms with Crippen molar-refractivity contribution in [1.82, 2.24) is 14.6 Å². The molecule has 15 heavy (non-hydrogen) atoms. The molecule has 0 saturated heterocycles. The summed E-state index contributed by atoms with van der Waals surface area (Å²) < 4.78 is 1.86. The van der Waals surface area contributed by atoms with Crippen LogP contribution in [0.25, 0.3) is 5.65 Å². The molecule has 0 spiro atoms. The Morgan fingerprint density at radius 1 is 1.27 bits per heavy atom. The maximum absolute atomic E-state index is 10.7. The lowest BCUT2D eigenvalue weighted by atomic mass is 9.96. The average Bonchev–Trinajstić information content (AvgIpc) is 2.59. The molecule has 0 unspecified atom stereocenters. The van der Waals surface area contributed by atoms with E-state index >= 15 is 0 Å². The van der Waals surface area contributed by atoms with Crippen LogP contribution in [0.4, 0.5) is 0 Å². The molecule has 0 aliphatic heterocycles. The van der Waals surface area contributed by atoms with Crippen molar-refractivity contribution in [3.63, 3.8) is 0 Å². The van der Waals surface area contributed by atoms with Gasteiger partial charge >= 0.3 is 0 Å². The molecular formula is C11H13N3O. The summed E-state index contributed by atoms with van der Waals surface area (Å²) in [5.74, 6) is 0.862. The lowest BCUT2D eigenvalue weighted by Gasteiger charge is -2.15. The number of hydrogen-bond acceptors (Lipinski definition) is 3. The summed E-state index contributed by atoms with van der Waals surface area (Å²) in [7, 11) is 0. The average molecular weight is 203 g/mol. The molecular weight excluding hydrogens is 190 g/mol. The third-order valence-electron chi connectivity index (χ3n) is 2.23. The van der Waals surface area contributed by atoms with Crippen LogP contribution >= 0.6 is 0 Å². The van der Waals surface area contributed by atoms with E-state index < -0.39 is 0 Å². The van der Waals surface area contributed by atoms with E-state index in [1.165, 1.54) is 0 Å². The molecule has 0 saturated carbocycles. The van der Waals surface area contributed by atoms with Gasteiger partial charge in [-0.15, -0.1) is 10.2 Å². The molecule has 0 N–H and O–H groups in total. The summed E-state index contributed by atoms with van der Waals surface area (Å²) >= 11 is 0. The maximum Gasteiger partial charge on any atom is 0.160 e. The lowest BCUT2D eigenvalue weighted by molar-refractivity contribution is 0.112. The third kappa shape index (κ3) is 1.63. The highest BCUT2D eigenvalue weighted by molar-refractivity contribution is 5.74. The fraction of sp³-hybridized carbons (Fsp3) is 0.364. The first-order chi connectivity index (χ1) is 7.02. The Balaban J connectivity index is 2.72. The van der Waals surface area contributed by atoms with Gasteiger partial charge in [0.05, 0.1) is 0 Å². The Morgan fingerprint density at radius 3 is 2.60 bits per heavy atom. The highest BCUT2D eigenvalue weighted by Crippen LogP contribution is 2.20. The van der Waals surface area contributed by atoms with Crippen molar-refractivity contribution in [2.24, 2.45) is 0 Å². The molecule has 0 atom stereocenters. The molecule has 0 aliphatic carbocycles. The Hall–Kier alpha value is -1.71. The van der Waals surface area contributed by atoms with Gasteiger partial charge in [-0.2, -0.15) is 0 Å². The molecule has 0 radical (unpaired) electrons. The second-order valence-corrected chi connectivity index (χ2v) is 4.58. The van der Waals surface area contributed by atoms with Crippen LogP contribution in [0.3, 0.4) is 0 Å². The molecule has 0 fully saturated rings. The minimum absolute atomic E-state index is 0.0824. The predicted molar refractivity (Wildman–Crippen MR) is 57.1 cm³/mol. The first kappa shape index (κ1) is 9.83. The number of fused-ring (bicyclic) bond motifs is 1. The van der Waals surface area contributed by atoms with Gasteiger partial charge < -0.3 is 0 Å². The van der Waals surface area contributed by atoms with Gasteiger partial charge in [-0.05, 0) is 12.1 Å². The van der Waals surface area contributed by atoms with Crippen molar-refractivity contribution in [2.75, 3.05) is 0 Å². The molecule has 78 valence electrons. The van der Waals surface area contributed by atoms with Crippen LogP contribution in [0.1, 0.15) is 37.0 Å². The number of nitrogens with zero attached hydrogens (tertiary/aromatic N) is 3. The van der Waals surface area contributed by atoms with Crippen molar-refractivity contribution in [1.29, 1.82) is 0 Å². The molecule has 2 heterocycles. The fourth-order valence-corrected chi connectivity index (χ4v) is 1.49. The topological polar surface area (TPSA) is 47.3 Å². The molecule has 4 nitrogen and oxygen atoms in total. The van der Waals surface area contributed by atoms with Crippen molar-refractivity contribution >= 4 is 11.9 Å². The predicted octanol–water partition coefficient (Wildman–Crippen LogP) is 1.84. The van der Waals surface area contributed by atoms with Gasteiger partial charge in [-0.1, -0.05) is 20.8 Å². The summed E-state index contributed by atoms with van der Waals surface area (Å²) in [6, 6.07) is 3.54. The minimum Gasteiger partial charge on any atom is -0.298 e. The fourth-order valence-electron chi connectivity index (χ4n) is 1.49. The summed E-state index contributed by atoms with van der Waals surface area (Å²) in [4.78, 5) is 10.7. The minimum atomic E-state index is -0.0824. The number of aromatic nitrogens is 3. The van der Waals surface area contributed by atoms with Crippen molar-refractivity contribution in [2.45, 2.75) is 26.2 Å². The zero-order valence-corrected chi connectivity index (χ0v) is 9.06.